The molecule has 0 radical (unpaired) electrons. The molecule has 0 fully saturated rings. The quantitative estimate of drug-likeness (QED) is 0.731. The van der Waals surface area contributed by atoms with Gasteiger partial charge in [-0.15, -0.1) is 11.3 Å². The Morgan fingerprint density at radius 3 is 2.85 bits per heavy atom. The van der Waals surface area contributed by atoms with E-state index in [4.69, 9.17) is 5.73 Å². The number of aryl methyl sites for hydroxylation is 1. The van der Waals surface area contributed by atoms with Crippen LogP contribution in [0.2, 0.25) is 0 Å². The van der Waals surface area contributed by atoms with Crippen LogP contribution in [0.15, 0.2) is 18.2 Å². The van der Waals surface area contributed by atoms with Crippen molar-refractivity contribution < 1.29 is 5.11 Å². The van der Waals surface area contributed by atoms with Crippen LogP contribution in [0.3, 0.4) is 0 Å². The summed E-state index contributed by atoms with van der Waals surface area (Å²) in [6, 6.07) is 5.69. The number of rotatable bonds is 1. The third kappa shape index (κ3) is 1.35. The first-order valence-corrected chi connectivity index (χ1v) is 5.03. The first-order valence-electron chi connectivity index (χ1n) is 4.21. The summed E-state index contributed by atoms with van der Waals surface area (Å²) in [5.41, 5.74) is 6.80. The Kier molecular flexibility index (Phi) is 1.88. The van der Waals surface area contributed by atoms with Gasteiger partial charge >= 0.3 is 0 Å². The third-order valence-corrected chi connectivity index (χ3v) is 3.01. The maximum absolute atomic E-state index is 9.65. The highest BCUT2D eigenvalue weighted by Gasteiger charge is 2.05. The highest BCUT2D eigenvalue weighted by molar-refractivity contribution is 7.22. The van der Waals surface area contributed by atoms with Crippen molar-refractivity contribution in [1.82, 2.24) is 0 Å². The Morgan fingerprint density at radius 1 is 1.38 bits per heavy atom. The molecule has 2 nitrogen and oxygen atoms in total. The zero-order valence-electron chi connectivity index (χ0n) is 7.37. The van der Waals surface area contributed by atoms with Crippen molar-refractivity contribution in [1.29, 1.82) is 0 Å². The van der Waals surface area contributed by atoms with E-state index in [9.17, 15) is 5.11 Å². The monoisotopic (exact) mass is 193 g/mol. The van der Waals surface area contributed by atoms with E-state index in [0.717, 1.165) is 27.1 Å². The van der Waals surface area contributed by atoms with Crippen LogP contribution in [-0.2, 0) is 6.42 Å². The molecule has 1 heterocycles. The van der Waals surface area contributed by atoms with Crippen molar-refractivity contribution in [3.05, 3.63) is 23.8 Å². The van der Waals surface area contributed by atoms with Crippen LogP contribution in [0.25, 0.3) is 10.1 Å². The van der Waals surface area contributed by atoms with Crippen molar-refractivity contribution >= 4 is 26.4 Å². The second-order valence-corrected chi connectivity index (χ2v) is 4.14. The average molecular weight is 193 g/mol. The molecule has 0 bridgehead atoms. The van der Waals surface area contributed by atoms with E-state index in [0.29, 0.717) is 5.75 Å². The average Bonchev–Trinajstić information content (AvgIpc) is 2.46. The zero-order chi connectivity index (χ0) is 9.42. The number of fused-ring (bicyclic) bond motifs is 1. The Balaban J connectivity index is 2.75. The summed E-state index contributed by atoms with van der Waals surface area (Å²) in [4.78, 5) is 0. The van der Waals surface area contributed by atoms with Crippen LogP contribution in [-0.4, -0.2) is 5.11 Å². The highest BCUT2D eigenvalue weighted by Crippen LogP contribution is 2.34. The van der Waals surface area contributed by atoms with Gasteiger partial charge in [-0.1, -0.05) is 6.92 Å². The summed E-state index contributed by atoms with van der Waals surface area (Å²) in [6.07, 6.45) is 0.932. The van der Waals surface area contributed by atoms with Crippen LogP contribution in [0, 0.1) is 0 Å². The molecule has 2 rings (SSSR count). The fraction of sp³-hybridized carbons (Fsp3) is 0.200. The van der Waals surface area contributed by atoms with Gasteiger partial charge in [0, 0.05) is 10.1 Å². The summed E-state index contributed by atoms with van der Waals surface area (Å²) in [5.74, 6) is 0.335. The lowest BCUT2D eigenvalue weighted by Crippen LogP contribution is -1.78. The molecular weight excluding hydrogens is 182 g/mol. The van der Waals surface area contributed by atoms with Crippen LogP contribution >= 0.6 is 11.3 Å². The fourth-order valence-electron chi connectivity index (χ4n) is 1.40. The topological polar surface area (TPSA) is 46.2 Å². The van der Waals surface area contributed by atoms with E-state index < -0.39 is 0 Å². The predicted octanol–water partition coefficient (Wildman–Crippen LogP) is 2.75. The van der Waals surface area contributed by atoms with Crippen molar-refractivity contribution in [2.45, 2.75) is 13.3 Å². The number of hydrogen-bond donors (Lipinski definition) is 2. The van der Waals surface area contributed by atoms with Gasteiger partial charge in [0.05, 0.1) is 5.00 Å². The highest BCUT2D eigenvalue weighted by atomic mass is 32.1. The van der Waals surface area contributed by atoms with Crippen molar-refractivity contribution in [2.24, 2.45) is 0 Å². The number of anilines is 1. The molecule has 68 valence electrons. The van der Waals surface area contributed by atoms with Gasteiger partial charge in [-0.2, -0.15) is 0 Å². The van der Waals surface area contributed by atoms with E-state index in [2.05, 4.69) is 13.0 Å². The van der Waals surface area contributed by atoms with E-state index in [-0.39, 0.29) is 0 Å². The lowest BCUT2D eigenvalue weighted by molar-refractivity contribution is 0.481. The number of thiophene rings is 1. The molecule has 0 atom stereocenters. The molecule has 0 unspecified atom stereocenters. The van der Waals surface area contributed by atoms with Crippen LogP contribution in [0.5, 0.6) is 5.75 Å². The molecule has 0 aliphatic rings. The Bertz CT molecular complexity index is 447. The minimum Gasteiger partial charge on any atom is -0.507 e. The number of nitrogens with two attached hydrogens (primary N) is 1. The first-order chi connectivity index (χ1) is 6.20. The molecular formula is C10H11NOS. The van der Waals surface area contributed by atoms with Crippen molar-refractivity contribution in [3.63, 3.8) is 0 Å². The minimum atomic E-state index is 0.335. The smallest absolute Gasteiger partial charge is 0.124 e. The normalized spacial score (nSPS) is 10.8. The molecule has 1 aromatic carbocycles. The maximum Gasteiger partial charge on any atom is 0.124 e. The lowest BCUT2D eigenvalue weighted by atomic mass is 10.1. The largest absolute Gasteiger partial charge is 0.507 e. The summed E-state index contributed by atoms with van der Waals surface area (Å²) >= 11 is 1.51. The van der Waals surface area contributed by atoms with Crippen LogP contribution < -0.4 is 5.73 Å². The van der Waals surface area contributed by atoms with Crippen LogP contribution in [0.4, 0.5) is 5.00 Å². The number of hydrogen-bond acceptors (Lipinski definition) is 3. The molecule has 0 saturated heterocycles. The van der Waals surface area contributed by atoms with Crippen molar-refractivity contribution in [3.8, 4) is 5.75 Å². The number of nitrogen functional groups attached to an aromatic ring is 1. The van der Waals surface area contributed by atoms with Gasteiger partial charge in [-0.25, -0.2) is 0 Å². The fourth-order valence-corrected chi connectivity index (χ4v) is 2.31. The Morgan fingerprint density at radius 2 is 2.15 bits per heavy atom. The maximum atomic E-state index is 9.65. The number of phenolic OH excluding ortho intramolecular Hbond substituents is 1. The second-order valence-electron chi connectivity index (χ2n) is 3.03. The van der Waals surface area contributed by atoms with E-state index >= 15 is 0 Å². The zero-order valence-corrected chi connectivity index (χ0v) is 8.19. The van der Waals surface area contributed by atoms with Gasteiger partial charge in [0.2, 0.25) is 0 Å². The van der Waals surface area contributed by atoms with E-state index in [1.165, 1.54) is 11.3 Å². The molecule has 0 aliphatic heterocycles. The predicted molar refractivity (Wildman–Crippen MR) is 57.3 cm³/mol. The van der Waals surface area contributed by atoms with Gasteiger partial charge in [0.1, 0.15) is 5.75 Å². The standard InChI is InChI=1S/C10H11NOS/c1-2-6-3-8(12)7-5-10(11)13-9(7)4-6/h3-5,12H,2,11H2,1H3. The first kappa shape index (κ1) is 8.38. The molecule has 0 aliphatic carbocycles. The molecule has 3 heteroatoms. The molecule has 1 aromatic heterocycles. The summed E-state index contributed by atoms with van der Waals surface area (Å²) in [5, 5.41) is 11.3. The van der Waals surface area contributed by atoms with Crippen LogP contribution in [0.1, 0.15) is 12.5 Å². The SMILES string of the molecule is CCc1cc(O)c2cc(N)sc2c1. The number of phenols is 1. The molecule has 3 N–H and O–H groups in total. The molecule has 0 amide bonds. The summed E-state index contributed by atoms with van der Waals surface area (Å²) in [7, 11) is 0. The van der Waals surface area contributed by atoms with Gasteiger partial charge in [-0.05, 0) is 30.2 Å². The summed E-state index contributed by atoms with van der Waals surface area (Å²) < 4.78 is 1.06. The van der Waals surface area contributed by atoms with Gasteiger partial charge in [0.25, 0.3) is 0 Å². The minimum absolute atomic E-state index is 0.335. The molecule has 13 heavy (non-hydrogen) atoms. The third-order valence-electron chi connectivity index (χ3n) is 2.10. The molecule has 2 aromatic rings. The molecule has 0 spiro atoms. The van der Waals surface area contributed by atoms with Gasteiger partial charge in [0.15, 0.2) is 0 Å². The lowest BCUT2D eigenvalue weighted by Gasteiger charge is -1.99. The molecule has 0 saturated carbocycles. The number of aromatic hydroxyl groups is 1. The number of benzene rings is 1. The van der Waals surface area contributed by atoms with Crippen molar-refractivity contribution in [2.75, 3.05) is 5.73 Å². The Labute approximate surface area is 80.6 Å². The van der Waals surface area contributed by atoms with E-state index in [1.54, 1.807) is 6.07 Å². The second kappa shape index (κ2) is 2.92. The Hall–Kier alpha value is -1.22. The summed E-state index contributed by atoms with van der Waals surface area (Å²) in [6.45, 7) is 2.07. The van der Waals surface area contributed by atoms with Gasteiger partial charge < -0.3 is 10.8 Å². The van der Waals surface area contributed by atoms with Gasteiger partial charge in [-0.3, -0.25) is 0 Å². The van der Waals surface area contributed by atoms with E-state index in [1.807, 2.05) is 6.07 Å².